The van der Waals surface area contributed by atoms with Crippen molar-refractivity contribution in [1.82, 2.24) is 10.3 Å². The first-order valence-electron chi connectivity index (χ1n) is 12.3. The number of benzene rings is 2. The van der Waals surface area contributed by atoms with Gasteiger partial charge in [-0.3, -0.25) is 9.59 Å². The van der Waals surface area contributed by atoms with Crippen molar-refractivity contribution >= 4 is 34.2 Å². The zero-order valence-electron chi connectivity index (χ0n) is 20.2. The molecule has 0 saturated carbocycles. The summed E-state index contributed by atoms with van der Waals surface area (Å²) in [5.74, 6) is 0.740. The van der Waals surface area contributed by atoms with Gasteiger partial charge in [0.1, 0.15) is 5.82 Å². The summed E-state index contributed by atoms with van der Waals surface area (Å²) >= 11 is 0. The Morgan fingerprint density at radius 2 is 1.62 bits per heavy atom. The fourth-order valence-electron chi connectivity index (χ4n) is 4.37. The lowest BCUT2D eigenvalue weighted by Gasteiger charge is -2.28. The smallest absolute Gasteiger partial charge is 0.224 e. The van der Waals surface area contributed by atoms with Crippen molar-refractivity contribution in [3.05, 3.63) is 65.2 Å². The van der Waals surface area contributed by atoms with Crippen LogP contribution in [0.1, 0.15) is 55.7 Å². The molecule has 0 spiro atoms. The average molecular weight is 459 g/mol. The van der Waals surface area contributed by atoms with E-state index in [1.165, 1.54) is 24.8 Å². The van der Waals surface area contributed by atoms with Crippen molar-refractivity contribution in [1.29, 1.82) is 0 Å². The number of fused-ring (bicyclic) bond motifs is 1. The topological polar surface area (TPSA) is 74.3 Å². The highest BCUT2D eigenvalue weighted by atomic mass is 16.2. The van der Waals surface area contributed by atoms with Crippen LogP contribution in [0.2, 0.25) is 0 Å². The molecule has 1 aliphatic heterocycles. The number of aromatic nitrogens is 1. The van der Waals surface area contributed by atoms with Crippen LogP contribution >= 0.6 is 0 Å². The van der Waals surface area contributed by atoms with Crippen LogP contribution in [-0.2, 0) is 22.6 Å². The second-order valence-corrected chi connectivity index (χ2v) is 9.07. The number of aryl methyl sites for hydroxylation is 2. The van der Waals surface area contributed by atoms with Gasteiger partial charge >= 0.3 is 0 Å². The lowest BCUT2D eigenvalue weighted by atomic mass is 10.1. The van der Waals surface area contributed by atoms with Crippen LogP contribution in [0.4, 0.5) is 11.5 Å². The van der Waals surface area contributed by atoms with Gasteiger partial charge in [0, 0.05) is 43.5 Å². The number of hydrogen-bond acceptors (Lipinski definition) is 4. The molecule has 0 aliphatic carbocycles. The third-order valence-corrected chi connectivity index (χ3v) is 6.47. The van der Waals surface area contributed by atoms with E-state index in [1.54, 1.807) is 0 Å². The Kier molecular flexibility index (Phi) is 7.78. The SMILES string of the molecule is CCc1ccc(CNC(=O)CCC(=O)Nc2ccc3nc(N4CCCCC4)cc(C)c3c2)cc1. The number of amides is 2. The molecule has 3 aromatic rings. The Labute approximate surface area is 201 Å². The Balaban J connectivity index is 1.29. The summed E-state index contributed by atoms with van der Waals surface area (Å²) in [7, 11) is 0. The molecule has 6 nitrogen and oxygen atoms in total. The van der Waals surface area contributed by atoms with Crippen molar-refractivity contribution in [3.8, 4) is 0 Å². The van der Waals surface area contributed by atoms with Crippen LogP contribution in [0.5, 0.6) is 0 Å². The first-order valence-corrected chi connectivity index (χ1v) is 12.3. The molecule has 4 rings (SSSR count). The van der Waals surface area contributed by atoms with E-state index >= 15 is 0 Å². The van der Waals surface area contributed by atoms with Gasteiger partial charge in [0.2, 0.25) is 11.8 Å². The molecule has 1 aromatic heterocycles. The Hall–Kier alpha value is -3.41. The summed E-state index contributed by atoms with van der Waals surface area (Å²) in [6, 6.07) is 16.1. The molecule has 2 heterocycles. The summed E-state index contributed by atoms with van der Waals surface area (Å²) in [6.07, 6.45) is 5.02. The molecule has 1 fully saturated rings. The first-order chi connectivity index (χ1) is 16.5. The minimum Gasteiger partial charge on any atom is -0.357 e. The van der Waals surface area contributed by atoms with Gasteiger partial charge in [-0.1, -0.05) is 31.2 Å². The number of carbonyl (C=O) groups is 2. The van der Waals surface area contributed by atoms with E-state index in [9.17, 15) is 9.59 Å². The monoisotopic (exact) mass is 458 g/mol. The van der Waals surface area contributed by atoms with E-state index in [2.05, 4.69) is 47.6 Å². The van der Waals surface area contributed by atoms with Crippen molar-refractivity contribution in [2.75, 3.05) is 23.3 Å². The minimum absolute atomic E-state index is 0.126. The maximum atomic E-state index is 12.4. The average Bonchev–Trinajstić information content (AvgIpc) is 2.87. The molecular weight excluding hydrogens is 424 g/mol. The van der Waals surface area contributed by atoms with E-state index < -0.39 is 0 Å². The Morgan fingerprint density at radius 1 is 0.912 bits per heavy atom. The number of anilines is 2. The highest BCUT2D eigenvalue weighted by Crippen LogP contribution is 2.27. The Morgan fingerprint density at radius 3 is 2.35 bits per heavy atom. The largest absolute Gasteiger partial charge is 0.357 e. The Bertz CT molecular complexity index is 1150. The minimum atomic E-state index is -0.169. The lowest BCUT2D eigenvalue weighted by molar-refractivity contribution is -0.124. The number of piperidine rings is 1. The fraction of sp³-hybridized carbons (Fsp3) is 0.393. The van der Waals surface area contributed by atoms with Gasteiger partial charge in [-0.15, -0.1) is 0 Å². The van der Waals surface area contributed by atoms with Gasteiger partial charge in [-0.25, -0.2) is 4.98 Å². The quantitative estimate of drug-likeness (QED) is 0.491. The van der Waals surface area contributed by atoms with Crippen LogP contribution < -0.4 is 15.5 Å². The number of pyridine rings is 1. The predicted octanol–water partition coefficient (Wildman–Crippen LogP) is 5.13. The molecule has 1 saturated heterocycles. The van der Waals surface area contributed by atoms with E-state index in [0.717, 1.165) is 53.0 Å². The molecule has 2 aromatic carbocycles. The van der Waals surface area contributed by atoms with Gasteiger partial charge in [0.05, 0.1) is 5.52 Å². The molecule has 0 radical (unpaired) electrons. The maximum Gasteiger partial charge on any atom is 0.224 e. The number of carbonyl (C=O) groups excluding carboxylic acids is 2. The molecule has 2 amide bonds. The standard InChI is InChI=1S/C28H34N4O2/c1-3-21-7-9-22(10-8-21)19-29-27(33)13-14-28(34)30-23-11-12-25-24(18-23)20(2)17-26(31-25)32-15-5-4-6-16-32/h7-12,17-18H,3-6,13-16,19H2,1-2H3,(H,29,33)(H,30,34). The van der Waals surface area contributed by atoms with E-state index in [0.29, 0.717) is 6.54 Å². The highest BCUT2D eigenvalue weighted by molar-refractivity contribution is 5.96. The van der Waals surface area contributed by atoms with Gasteiger partial charge in [0.25, 0.3) is 0 Å². The molecule has 178 valence electrons. The second kappa shape index (κ2) is 11.1. The third kappa shape index (κ3) is 6.13. The van der Waals surface area contributed by atoms with Gasteiger partial charge < -0.3 is 15.5 Å². The zero-order valence-corrected chi connectivity index (χ0v) is 20.2. The number of rotatable bonds is 8. The first kappa shape index (κ1) is 23.7. The summed E-state index contributed by atoms with van der Waals surface area (Å²) < 4.78 is 0. The van der Waals surface area contributed by atoms with Crippen molar-refractivity contribution < 1.29 is 9.59 Å². The molecule has 1 aliphatic rings. The number of hydrogen-bond donors (Lipinski definition) is 2. The zero-order chi connectivity index (χ0) is 23.9. The summed E-state index contributed by atoms with van der Waals surface area (Å²) in [6.45, 7) is 6.80. The van der Waals surface area contributed by atoms with E-state index in [1.807, 2.05) is 30.3 Å². The molecule has 34 heavy (non-hydrogen) atoms. The number of nitrogens with zero attached hydrogens (tertiary/aromatic N) is 2. The second-order valence-electron chi connectivity index (χ2n) is 9.07. The van der Waals surface area contributed by atoms with Crippen LogP contribution in [0.15, 0.2) is 48.5 Å². The number of nitrogens with one attached hydrogen (secondary N) is 2. The third-order valence-electron chi connectivity index (χ3n) is 6.47. The van der Waals surface area contributed by atoms with Crippen LogP contribution in [0.25, 0.3) is 10.9 Å². The molecule has 2 N–H and O–H groups in total. The van der Waals surface area contributed by atoms with Crippen molar-refractivity contribution in [3.63, 3.8) is 0 Å². The van der Waals surface area contributed by atoms with Gasteiger partial charge in [-0.2, -0.15) is 0 Å². The highest BCUT2D eigenvalue weighted by Gasteiger charge is 2.14. The molecule has 0 atom stereocenters. The lowest BCUT2D eigenvalue weighted by Crippen LogP contribution is -2.30. The molecule has 0 unspecified atom stereocenters. The molecule has 6 heteroatoms. The van der Waals surface area contributed by atoms with Crippen LogP contribution in [0, 0.1) is 6.92 Å². The van der Waals surface area contributed by atoms with Crippen molar-refractivity contribution in [2.24, 2.45) is 0 Å². The van der Waals surface area contributed by atoms with E-state index in [4.69, 9.17) is 4.98 Å². The van der Waals surface area contributed by atoms with Gasteiger partial charge in [0.15, 0.2) is 0 Å². The van der Waals surface area contributed by atoms with Gasteiger partial charge in [-0.05, 0) is 73.6 Å². The van der Waals surface area contributed by atoms with Crippen molar-refractivity contribution in [2.45, 2.75) is 58.9 Å². The summed E-state index contributed by atoms with van der Waals surface area (Å²) in [5, 5.41) is 6.85. The van der Waals surface area contributed by atoms with Crippen LogP contribution in [0.3, 0.4) is 0 Å². The summed E-state index contributed by atoms with van der Waals surface area (Å²) in [4.78, 5) is 31.8. The normalized spacial score (nSPS) is 13.6. The maximum absolute atomic E-state index is 12.4. The summed E-state index contributed by atoms with van der Waals surface area (Å²) in [5.41, 5.74) is 5.13. The molecule has 0 bridgehead atoms. The van der Waals surface area contributed by atoms with Crippen LogP contribution in [-0.4, -0.2) is 29.9 Å². The fourth-order valence-corrected chi connectivity index (χ4v) is 4.37. The predicted molar refractivity (Wildman–Crippen MR) is 138 cm³/mol. The van der Waals surface area contributed by atoms with E-state index in [-0.39, 0.29) is 24.7 Å². The molecular formula is C28H34N4O2.